The Labute approximate surface area is 193 Å². The van der Waals surface area contributed by atoms with Crippen LogP contribution in [0.5, 0.6) is 0 Å². The van der Waals surface area contributed by atoms with Gasteiger partial charge in [-0.2, -0.15) is 5.26 Å². The number of nitrogens with one attached hydrogen (secondary N) is 3. The van der Waals surface area contributed by atoms with Gasteiger partial charge in [-0.15, -0.1) is 0 Å². The van der Waals surface area contributed by atoms with E-state index in [4.69, 9.17) is 5.26 Å². The first-order valence-electron chi connectivity index (χ1n) is 11.8. The van der Waals surface area contributed by atoms with Crippen LogP contribution in [0.4, 0.5) is 0 Å². The van der Waals surface area contributed by atoms with Gasteiger partial charge < -0.3 is 20.2 Å². The number of carbonyl (C=O) groups excluding carboxylic acids is 1. The van der Waals surface area contributed by atoms with Crippen LogP contribution >= 0.6 is 0 Å². The van der Waals surface area contributed by atoms with Crippen LogP contribution in [0.15, 0.2) is 54.9 Å². The number of carbonyl (C=O) groups is 1. The Morgan fingerprint density at radius 1 is 1.12 bits per heavy atom. The van der Waals surface area contributed by atoms with Crippen LogP contribution in [-0.2, 0) is 6.42 Å². The van der Waals surface area contributed by atoms with Gasteiger partial charge >= 0.3 is 0 Å². The summed E-state index contributed by atoms with van der Waals surface area (Å²) in [7, 11) is 0. The van der Waals surface area contributed by atoms with Crippen molar-refractivity contribution in [2.24, 2.45) is 0 Å². The molecule has 1 fully saturated rings. The summed E-state index contributed by atoms with van der Waals surface area (Å²) >= 11 is 0. The van der Waals surface area contributed by atoms with Crippen LogP contribution < -0.4 is 5.32 Å². The number of rotatable bonds is 7. The lowest BCUT2D eigenvalue weighted by molar-refractivity contribution is 0.0912. The van der Waals surface area contributed by atoms with Gasteiger partial charge in [-0.05, 0) is 74.5 Å². The molecular weight excluding hydrogens is 410 g/mol. The predicted molar refractivity (Wildman–Crippen MR) is 131 cm³/mol. The quantitative estimate of drug-likeness (QED) is 0.364. The standard InChI is InChI=1S/C27H29N5O/c28-17-19-7-8-25-24(16-19)21(18-30-25)4-1-2-13-32-14-10-22(11-15-32)31-27(33)23-6-3-5-20-9-12-29-26(20)23/h3,5-9,12,16,18,22,29-30H,1-2,4,10-11,13-15H2,(H,31,33). The minimum absolute atomic E-state index is 0.0137. The maximum Gasteiger partial charge on any atom is 0.253 e. The van der Waals surface area contributed by atoms with E-state index in [0.29, 0.717) is 5.56 Å². The Balaban J connectivity index is 1.06. The summed E-state index contributed by atoms with van der Waals surface area (Å²) in [6, 6.07) is 16.1. The number of aryl methyl sites for hydroxylation is 1. The number of hydrogen-bond donors (Lipinski definition) is 3. The lowest BCUT2D eigenvalue weighted by atomic mass is 10.0. The summed E-state index contributed by atoms with van der Waals surface area (Å²) in [5, 5.41) is 14.6. The van der Waals surface area contributed by atoms with Gasteiger partial charge in [0.1, 0.15) is 0 Å². The molecule has 6 heteroatoms. The van der Waals surface area contributed by atoms with Crippen molar-refractivity contribution in [3.8, 4) is 6.07 Å². The van der Waals surface area contributed by atoms with Gasteiger partial charge in [-0.25, -0.2) is 0 Å². The zero-order chi connectivity index (χ0) is 22.6. The second-order valence-electron chi connectivity index (χ2n) is 8.98. The van der Waals surface area contributed by atoms with Crippen molar-refractivity contribution in [2.75, 3.05) is 19.6 Å². The van der Waals surface area contributed by atoms with Crippen LogP contribution in [0, 0.1) is 11.3 Å². The summed E-state index contributed by atoms with van der Waals surface area (Å²) in [6.45, 7) is 3.14. The SMILES string of the molecule is N#Cc1ccc2[nH]cc(CCCCN3CCC(NC(=O)c4cccc5cc[nH]c45)CC3)c2c1. The summed E-state index contributed by atoms with van der Waals surface area (Å²) in [5.41, 5.74) is 4.73. The van der Waals surface area contributed by atoms with Gasteiger partial charge in [0.05, 0.1) is 22.7 Å². The van der Waals surface area contributed by atoms with Crippen molar-refractivity contribution in [3.05, 3.63) is 71.5 Å². The first-order valence-corrected chi connectivity index (χ1v) is 11.8. The van der Waals surface area contributed by atoms with Gasteiger partial charge in [0.25, 0.3) is 5.91 Å². The summed E-state index contributed by atoms with van der Waals surface area (Å²) in [5.74, 6) is 0.0137. The molecule has 168 valence electrons. The number of likely N-dealkylation sites (tertiary alicyclic amines) is 1. The number of hydrogen-bond acceptors (Lipinski definition) is 3. The highest BCUT2D eigenvalue weighted by Gasteiger charge is 2.21. The zero-order valence-corrected chi connectivity index (χ0v) is 18.7. The maximum absolute atomic E-state index is 12.8. The van der Waals surface area contributed by atoms with Crippen molar-refractivity contribution >= 4 is 27.7 Å². The summed E-state index contributed by atoms with van der Waals surface area (Å²) in [4.78, 5) is 21.8. The van der Waals surface area contributed by atoms with Crippen molar-refractivity contribution in [1.29, 1.82) is 5.26 Å². The summed E-state index contributed by atoms with van der Waals surface area (Å²) < 4.78 is 0. The van der Waals surface area contributed by atoms with Gasteiger partial charge in [-0.3, -0.25) is 4.79 Å². The van der Waals surface area contributed by atoms with E-state index in [0.717, 1.165) is 73.7 Å². The molecule has 6 nitrogen and oxygen atoms in total. The van der Waals surface area contributed by atoms with Gasteiger partial charge in [0.2, 0.25) is 0 Å². The second kappa shape index (κ2) is 9.51. The normalized spacial score (nSPS) is 15.1. The third kappa shape index (κ3) is 4.64. The van der Waals surface area contributed by atoms with E-state index in [9.17, 15) is 4.79 Å². The van der Waals surface area contributed by atoms with E-state index >= 15 is 0 Å². The number of nitrogens with zero attached hydrogens (tertiary/aromatic N) is 2. The first-order chi connectivity index (χ1) is 16.2. The topological polar surface area (TPSA) is 87.7 Å². The largest absolute Gasteiger partial charge is 0.361 e. The Morgan fingerprint density at radius 3 is 2.85 bits per heavy atom. The number of aromatic amines is 2. The number of unbranched alkanes of at least 4 members (excludes halogenated alkanes) is 1. The molecule has 0 radical (unpaired) electrons. The summed E-state index contributed by atoms with van der Waals surface area (Å²) in [6.07, 6.45) is 9.23. The molecule has 0 aliphatic carbocycles. The average molecular weight is 440 g/mol. The van der Waals surface area contributed by atoms with E-state index in [1.807, 2.05) is 48.7 Å². The molecule has 0 bridgehead atoms. The molecule has 3 N–H and O–H groups in total. The molecule has 33 heavy (non-hydrogen) atoms. The van der Waals surface area contributed by atoms with Gasteiger partial charge in [0.15, 0.2) is 0 Å². The minimum Gasteiger partial charge on any atom is -0.361 e. The number of para-hydroxylation sites is 1. The van der Waals surface area contributed by atoms with Crippen LogP contribution in [-0.4, -0.2) is 46.5 Å². The maximum atomic E-state index is 12.8. The Bertz CT molecular complexity index is 1300. The molecular formula is C27H29N5O. The average Bonchev–Trinajstić information content (AvgIpc) is 3.49. The highest BCUT2D eigenvalue weighted by atomic mass is 16.1. The molecule has 0 spiro atoms. The molecule has 1 aliphatic heterocycles. The zero-order valence-electron chi connectivity index (χ0n) is 18.7. The van der Waals surface area contributed by atoms with E-state index in [-0.39, 0.29) is 11.9 Å². The molecule has 3 heterocycles. The Kier molecular flexibility index (Phi) is 6.14. The molecule has 0 atom stereocenters. The third-order valence-electron chi connectivity index (χ3n) is 6.82. The number of piperidine rings is 1. The Morgan fingerprint density at radius 2 is 2.00 bits per heavy atom. The molecule has 5 rings (SSSR count). The van der Waals surface area contributed by atoms with E-state index in [2.05, 4.69) is 32.5 Å². The lowest BCUT2D eigenvalue weighted by Crippen LogP contribution is -2.44. The van der Waals surface area contributed by atoms with Crippen molar-refractivity contribution < 1.29 is 4.79 Å². The van der Waals surface area contributed by atoms with Crippen LogP contribution in [0.1, 0.15) is 47.2 Å². The fourth-order valence-corrected chi connectivity index (χ4v) is 4.94. The minimum atomic E-state index is 0.0137. The number of benzene rings is 2. The Hall–Kier alpha value is -3.56. The second-order valence-corrected chi connectivity index (χ2v) is 8.98. The van der Waals surface area contributed by atoms with Gasteiger partial charge in [-0.1, -0.05) is 12.1 Å². The number of aromatic nitrogens is 2. The fraction of sp³-hybridized carbons (Fsp3) is 0.333. The predicted octanol–water partition coefficient (Wildman–Crippen LogP) is 4.74. The number of amides is 1. The number of fused-ring (bicyclic) bond motifs is 2. The van der Waals surface area contributed by atoms with Crippen LogP contribution in [0.2, 0.25) is 0 Å². The molecule has 2 aromatic carbocycles. The number of nitriles is 1. The smallest absolute Gasteiger partial charge is 0.253 e. The van der Waals surface area contributed by atoms with Crippen molar-refractivity contribution in [1.82, 2.24) is 20.2 Å². The molecule has 0 unspecified atom stereocenters. The number of H-pyrrole nitrogens is 2. The lowest BCUT2D eigenvalue weighted by Gasteiger charge is -2.32. The molecule has 1 saturated heterocycles. The molecule has 1 amide bonds. The fourth-order valence-electron chi connectivity index (χ4n) is 4.94. The van der Waals surface area contributed by atoms with E-state index < -0.39 is 0 Å². The van der Waals surface area contributed by atoms with Crippen molar-refractivity contribution in [2.45, 2.75) is 38.1 Å². The van der Waals surface area contributed by atoms with Crippen LogP contribution in [0.3, 0.4) is 0 Å². The van der Waals surface area contributed by atoms with Crippen LogP contribution in [0.25, 0.3) is 21.8 Å². The highest BCUT2D eigenvalue weighted by molar-refractivity contribution is 6.05. The molecule has 1 aliphatic rings. The highest BCUT2D eigenvalue weighted by Crippen LogP contribution is 2.22. The third-order valence-corrected chi connectivity index (χ3v) is 6.82. The molecule has 0 saturated carbocycles. The van der Waals surface area contributed by atoms with Gasteiger partial charge in [0, 0.05) is 47.8 Å². The molecule has 4 aromatic rings. The molecule has 2 aromatic heterocycles. The van der Waals surface area contributed by atoms with E-state index in [1.165, 1.54) is 10.9 Å². The monoisotopic (exact) mass is 439 g/mol. The first kappa shape index (κ1) is 21.3. The van der Waals surface area contributed by atoms with E-state index in [1.54, 1.807) is 0 Å². The van der Waals surface area contributed by atoms with Crippen molar-refractivity contribution in [3.63, 3.8) is 0 Å².